The van der Waals surface area contributed by atoms with E-state index in [4.69, 9.17) is 5.11 Å². The van der Waals surface area contributed by atoms with Crippen molar-refractivity contribution in [1.29, 1.82) is 0 Å². The first-order valence-corrected chi connectivity index (χ1v) is 1.95. The molecule has 0 radical (unpaired) electrons. The summed E-state index contributed by atoms with van der Waals surface area (Å²) in [6, 6.07) is -1.75. The Balaban J connectivity index is 3.29. The van der Waals surface area contributed by atoms with Crippen molar-refractivity contribution in [1.82, 2.24) is 0 Å². The van der Waals surface area contributed by atoms with Crippen LogP contribution in [0.15, 0.2) is 4.42 Å². The van der Waals surface area contributed by atoms with Crippen molar-refractivity contribution < 1.29 is 22.7 Å². The van der Waals surface area contributed by atoms with E-state index in [1.807, 2.05) is 0 Å². The van der Waals surface area contributed by atoms with Gasteiger partial charge >= 0.3 is 12.0 Å². The van der Waals surface area contributed by atoms with Crippen molar-refractivity contribution in [2.24, 2.45) is 0 Å². The van der Waals surface area contributed by atoms with E-state index < -0.39 is 23.6 Å². The van der Waals surface area contributed by atoms with E-state index >= 15 is 0 Å². The molecule has 0 aliphatic carbocycles. The number of halogens is 3. The summed E-state index contributed by atoms with van der Waals surface area (Å²) in [4.78, 5) is 0. The number of rotatable bonds is 0. The largest absolute Gasteiger partial charge is 0.478 e. The Morgan fingerprint density at radius 2 is 1.67 bits per heavy atom. The Kier molecular flexibility index (Phi) is 1.12. The molecule has 1 aromatic heterocycles. The van der Waals surface area contributed by atoms with Crippen molar-refractivity contribution in [2.75, 3.05) is 0 Å². The van der Waals surface area contributed by atoms with Gasteiger partial charge in [0.15, 0.2) is 0 Å². The van der Waals surface area contributed by atoms with Crippen molar-refractivity contribution in [3.05, 3.63) is 17.6 Å². The SMILES string of the molecule is Oc1oc(F)c(F)c1F. The molecule has 0 bridgehead atoms. The van der Waals surface area contributed by atoms with Gasteiger partial charge in [-0.2, -0.15) is 13.2 Å². The minimum absolute atomic E-state index is 1.37. The lowest BCUT2D eigenvalue weighted by molar-refractivity contribution is 0.250. The molecule has 0 fully saturated rings. The van der Waals surface area contributed by atoms with E-state index in [1.165, 1.54) is 0 Å². The summed E-state index contributed by atoms with van der Waals surface area (Å²) in [5.41, 5.74) is 0. The maximum Gasteiger partial charge on any atom is 0.325 e. The molecule has 50 valence electrons. The molecule has 2 nitrogen and oxygen atoms in total. The van der Waals surface area contributed by atoms with Crippen molar-refractivity contribution >= 4 is 0 Å². The van der Waals surface area contributed by atoms with Gasteiger partial charge in [0, 0.05) is 0 Å². The molecule has 0 saturated heterocycles. The number of hydrogen-bond donors (Lipinski definition) is 1. The molecule has 0 aromatic carbocycles. The second-order valence-electron chi connectivity index (χ2n) is 1.31. The lowest BCUT2D eigenvalue weighted by Crippen LogP contribution is -1.75. The highest BCUT2D eigenvalue weighted by atomic mass is 19.2. The molecule has 0 atom stereocenters. The third kappa shape index (κ3) is 0.737. The van der Waals surface area contributed by atoms with Crippen LogP contribution in [0.25, 0.3) is 0 Å². The molecule has 1 heterocycles. The molecule has 9 heavy (non-hydrogen) atoms. The predicted molar refractivity (Wildman–Crippen MR) is 20.2 cm³/mol. The Morgan fingerprint density at radius 3 is 1.78 bits per heavy atom. The van der Waals surface area contributed by atoms with E-state index in [9.17, 15) is 13.2 Å². The smallest absolute Gasteiger partial charge is 0.325 e. The van der Waals surface area contributed by atoms with Gasteiger partial charge in [0.25, 0.3) is 0 Å². The standard InChI is InChI=1S/C4HF3O2/c5-1-2(6)4(8)9-3(1)7/h8H. The van der Waals surface area contributed by atoms with Crippen LogP contribution in [0.2, 0.25) is 0 Å². The summed E-state index contributed by atoms with van der Waals surface area (Å²) in [7, 11) is 0. The van der Waals surface area contributed by atoms with Gasteiger partial charge < -0.3 is 9.52 Å². The first-order valence-electron chi connectivity index (χ1n) is 1.95. The van der Waals surface area contributed by atoms with Crippen molar-refractivity contribution in [3.63, 3.8) is 0 Å². The van der Waals surface area contributed by atoms with Gasteiger partial charge in [0.05, 0.1) is 0 Å². The number of furan rings is 1. The second-order valence-corrected chi connectivity index (χ2v) is 1.31. The van der Waals surface area contributed by atoms with E-state index in [0.29, 0.717) is 0 Å². The molecule has 0 aliphatic heterocycles. The van der Waals surface area contributed by atoms with Gasteiger partial charge in [-0.05, 0) is 0 Å². The molecular weight excluding hydrogens is 137 g/mol. The lowest BCUT2D eigenvalue weighted by atomic mass is 10.6. The second kappa shape index (κ2) is 1.68. The van der Waals surface area contributed by atoms with Gasteiger partial charge in [0.2, 0.25) is 11.6 Å². The Bertz CT molecular complexity index is 207. The van der Waals surface area contributed by atoms with Crippen LogP contribution in [0.4, 0.5) is 13.2 Å². The average Bonchev–Trinajstić information content (AvgIpc) is 1.98. The van der Waals surface area contributed by atoms with Crippen LogP contribution >= 0.6 is 0 Å². The van der Waals surface area contributed by atoms with Crippen LogP contribution in [0.3, 0.4) is 0 Å². The molecule has 0 spiro atoms. The Labute approximate surface area is 47.5 Å². The quantitative estimate of drug-likeness (QED) is 0.587. The van der Waals surface area contributed by atoms with Crippen molar-refractivity contribution in [2.45, 2.75) is 0 Å². The average molecular weight is 138 g/mol. The zero-order chi connectivity index (χ0) is 7.02. The summed E-state index contributed by atoms with van der Waals surface area (Å²) in [6.07, 6.45) is 0. The van der Waals surface area contributed by atoms with Crippen LogP contribution in [0.1, 0.15) is 0 Å². The van der Waals surface area contributed by atoms with Crippen LogP contribution in [-0.2, 0) is 0 Å². The summed E-state index contributed by atoms with van der Waals surface area (Å²) in [6.45, 7) is 0. The fraction of sp³-hybridized carbons (Fsp3) is 0. The molecule has 1 rings (SSSR count). The monoisotopic (exact) mass is 138 g/mol. The van der Waals surface area contributed by atoms with Gasteiger partial charge in [-0.1, -0.05) is 0 Å². The zero-order valence-corrected chi connectivity index (χ0v) is 3.99. The van der Waals surface area contributed by atoms with Gasteiger partial charge in [0.1, 0.15) is 0 Å². The van der Waals surface area contributed by atoms with Crippen molar-refractivity contribution in [3.8, 4) is 5.95 Å². The van der Waals surface area contributed by atoms with E-state index in [-0.39, 0.29) is 0 Å². The van der Waals surface area contributed by atoms with Crippen LogP contribution in [0.5, 0.6) is 5.95 Å². The molecule has 1 N–H and O–H groups in total. The third-order valence-electron chi connectivity index (χ3n) is 0.739. The molecule has 5 heteroatoms. The topological polar surface area (TPSA) is 33.4 Å². The Morgan fingerprint density at radius 1 is 1.11 bits per heavy atom. The lowest BCUT2D eigenvalue weighted by Gasteiger charge is -1.74. The fourth-order valence-electron chi connectivity index (χ4n) is 0.355. The van der Waals surface area contributed by atoms with Gasteiger partial charge in [-0.25, -0.2) is 0 Å². The minimum Gasteiger partial charge on any atom is -0.478 e. The van der Waals surface area contributed by atoms with Crippen LogP contribution in [-0.4, -0.2) is 5.11 Å². The Hall–Kier alpha value is -1.13. The summed E-state index contributed by atoms with van der Waals surface area (Å²) in [5.74, 6) is -4.87. The van der Waals surface area contributed by atoms with E-state index in [2.05, 4.69) is 4.42 Å². The highest BCUT2D eigenvalue weighted by molar-refractivity contribution is 5.09. The molecule has 0 unspecified atom stereocenters. The highest BCUT2D eigenvalue weighted by Gasteiger charge is 2.19. The maximum absolute atomic E-state index is 11.8. The maximum atomic E-state index is 11.8. The van der Waals surface area contributed by atoms with Crippen LogP contribution in [0, 0.1) is 17.6 Å². The van der Waals surface area contributed by atoms with Crippen LogP contribution < -0.4 is 0 Å². The summed E-state index contributed by atoms with van der Waals surface area (Å²) < 4.78 is 38.7. The van der Waals surface area contributed by atoms with Gasteiger partial charge in [-0.15, -0.1) is 0 Å². The van der Waals surface area contributed by atoms with E-state index in [1.54, 1.807) is 0 Å². The molecule has 1 aromatic rings. The molecular formula is C4HF3O2. The highest BCUT2D eigenvalue weighted by Crippen LogP contribution is 2.22. The number of aromatic hydroxyl groups is 1. The first-order chi connectivity index (χ1) is 4.13. The molecule has 0 amide bonds. The number of hydrogen-bond acceptors (Lipinski definition) is 2. The summed E-state index contributed by atoms with van der Waals surface area (Å²) in [5, 5.41) is 8.10. The van der Waals surface area contributed by atoms with E-state index in [0.717, 1.165) is 0 Å². The van der Waals surface area contributed by atoms with Gasteiger partial charge in [-0.3, -0.25) is 0 Å². The third-order valence-corrected chi connectivity index (χ3v) is 0.739. The molecule has 0 aliphatic rings. The normalized spacial score (nSPS) is 10.1. The zero-order valence-electron chi connectivity index (χ0n) is 3.99. The molecule has 0 saturated carbocycles. The first kappa shape index (κ1) is 6.00. The summed E-state index contributed by atoms with van der Waals surface area (Å²) >= 11 is 0. The predicted octanol–water partition coefficient (Wildman–Crippen LogP) is 1.40. The fourth-order valence-corrected chi connectivity index (χ4v) is 0.355. The minimum atomic E-state index is -1.80.